The van der Waals surface area contributed by atoms with E-state index in [2.05, 4.69) is 40.2 Å². The second kappa shape index (κ2) is 4.58. The Labute approximate surface area is 102 Å². The molecule has 0 spiro atoms. The van der Waals surface area contributed by atoms with Crippen LogP contribution in [0, 0.1) is 0 Å². The zero-order valence-electron chi connectivity index (χ0n) is 9.84. The first-order valence-corrected chi connectivity index (χ1v) is 6.20. The van der Waals surface area contributed by atoms with Gasteiger partial charge < -0.3 is 4.90 Å². The third-order valence-corrected chi connectivity index (χ3v) is 3.29. The number of pyridine rings is 1. The molecule has 1 aromatic carbocycles. The highest BCUT2D eigenvalue weighted by atomic mass is 15.1. The molecule has 1 aromatic heterocycles. The van der Waals surface area contributed by atoms with E-state index in [9.17, 15) is 0 Å². The smallest absolute Gasteiger partial charge is 0.0722 e. The number of rotatable bonds is 2. The molecular weight excluding hydrogens is 208 g/mol. The Morgan fingerprint density at radius 3 is 2.41 bits per heavy atom. The fourth-order valence-corrected chi connectivity index (χ4v) is 2.45. The van der Waals surface area contributed by atoms with Gasteiger partial charge in [-0.15, -0.1) is 0 Å². The quantitative estimate of drug-likeness (QED) is 0.777. The maximum absolute atomic E-state index is 4.45. The van der Waals surface area contributed by atoms with Crippen LogP contribution in [0.25, 0.3) is 11.3 Å². The average Bonchev–Trinajstić information content (AvgIpc) is 2.94. The molecule has 1 aliphatic heterocycles. The van der Waals surface area contributed by atoms with Gasteiger partial charge in [0.2, 0.25) is 0 Å². The predicted octanol–water partition coefficient (Wildman–Crippen LogP) is 3.35. The number of hydrogen-bond acceptors (Lipinski definition) is 2. The second-order valence-corrected chi connectivity index (χ2v) is 4.43. The number of anilines is 1. The van der Waals surface area contributed by atoms with Crippen molar-refractivity contribution in [3.8, 4) is 11.3 Å². The molecule has 0 radical (unpaired) electrons. The van der Waals surface area contributed by atoms with Crippen LogP contribution in [0.2, 0.25) is 0 Å². The van der Waals surface area contributed by atoms with Crippen LogP contribution in [-0.4, -0.2) is 18.1 Å². The van der Waals surface area contributed by atoms with Crippen molar-refractivity contribution in [3.63, 3.8) is 0 Å². The summed E-state index contributed by atoms with van der Waals surface area (Å²) in [6, 6.07) is 14.6. The van der Waals surface area contributed by atoms with Crippen LogP contribution >= 0.6 is 0 Å². The van der Waals surface area contributed by atoms with Gasteiger partial charge in [0.25, 0.3) is 0 Å². The molecular formula is C15H16N2. The van der Waals surface area contributed by atoms with Crippen molar-refractivity contribution in [3.05, 3.63) is 48.7 Å². The molecule has 2 heteroatoms. The second-order valence-electron chi connectivity index (χ2n) is 4.43. The molecule has 0 bridgehead atoms. The maximum atomic E-state index is 4.45. The lowest BCUT2D eigenvalue weighted by Gasteiger charge is -2.20. The number of para-hydroxylation sites is 1. The van der Waals surface area contributed by atoms with Gasteiger partial charge in [-0.25, -0.2) is 0 Å². The van der Waals surface area contributed by atoms with Gasteiger partial charge in [-0.05, 0) is 31.0 Å². The molecule has 0 amide bonds. The molecule has 1 aliphatic rings. The fraction of sp³-hybridized carbons (Fsp3) is 0.267. The molecule has 86 valence electrons. The van der Waals surface area contributed by atoms with Gasteiger partial charge in [0.05, 0.1) is 5.69 Å². The van der Waals surface area contributed by atoms with Crippen LogP contribution in [0.1, 0.15) is 12.8 Å². The molecule has 3 rings (SSSR count). The Kier molecular flexibility index (Phi) is 2.78. The number of benzene rings is 1. The van der Waals surface area contributed by atoms with Crippen molar-refractivity contribution in [2.45, 2.75) is 12.8 Å². The van der Waals surface area contributed by atoms with Gasteiger partial charge in [-0.3, -0.25) is 4.98 Å². The molecule has 17 heavy (non-hydrogen) atoms. The summed E-state index contributed by atoms with van der Waals surface area (Å²) in [4.78, 5) is 6.92. The first-order valence-electron chi connectivity index (χ1n) is 6.20. The summed E-state index contributed by atoms with van der Waals surface area (Å²) >= 11 is 0. The zero-order valence-corrected chi connectivity index (χ0v) is 9.84. The molecule has 0 saturated carbocycles. The van der Waals surface area contributed by atoms with Gasteiger partial charge in [0.1, 0.15) is 0 Å². The highest BCUT2D eigenvalue weighted by molar-refractivity contribution is 5.76. The Bertz CT molecular complexity index is 487. The third kappa shape index (κ3) is 2.03. The molecule has 0 N–H and O–H groups in total. The summed E-state index contributed by atoms with van der Waals surface area (Å²) < 4.78 is 0. The largest absolute Gasteiger partial charge is 0.371 e. The number of hydrogen-bond donors (Lipinski definition) is 0. The summed E-state index contributed by atoms with van der Waals surface area (Å²) in [6.45, 7) is 2.34. The van der Waals surface area contributed by atoms with Gasteiger partial charge in [-0.1, -0.05) is 24.3 Å². The predicted molar refractivity (Wildman–Crippen MR) is 71.1 cm³/mol. The summed E-state index contributed by atoms with van der Waals surface area (Å²) in [5.41, 5.74) is 3.63. The number of aromatic nitrogens is 1. The van der Waals surface area contributed by atoms with Gasteiger partial charge in [-0.2, -0.15) is 0 Å². The van der Waals surface area contributed by atoms with Crippen LogP contribution < -0.4 is 4.90 Å². The van der Waals surface area contributed by atoms with E-state index in [-0.39, 0.29) is 0 Å². The van der Waals surface area contributed by atoms with E-state index in [1.54, 1.807) is 0 Å². The van der Waals surface area contributed by atoms with Crippen molar-refractivity contribution in [2.75, 3.05) is 18.0 Å². The normalized spacial score (nSPS) is 15.2. The third-order valence-electron chi connectivity index (χ3n) is 3.29. The minimum atomic E-state index is 1.06. The first-order chi connectivity index (χ1) is 8.45. The van der Waals surface area contributed by atoms with Gasteiger partial charge >= 0.3 is 0 Å². The molecule has 1 fully saturated rings. The first kappa shape index (κ1) is 10.3. The van der Waals surface area contributed by atoms with E-state index >= 15 is 0 Å². The minimum Gasteiger partial charge on any atom is -0.371 e. The van der Waals surface area contributed by atoms with E-state index in [1.165, 1.54) is 37.2 Å². The zero-order chi connectivity index (χ0) is 11.5. The van der Waals surface area contributed by atoms with Crippen LogP contribution in [0.3, 0.4) is 0 Å². The summed E-state index contributed by atoms with van der Waals surface area (Å²) in [6.07, 6.45) is 4.46. The minimum absolute atomic E-state index is 1.06. The fourth-order valence-electron chi connectivity index (χ4n) is 2.45. The van der Waals surface area contributed by atoms with E-state index in [0.717, 1.165) is 5.69 Å². The van der Waals surface area contributed by atoms with E-state index in [0.29, 0.717) is 0 Å². The molecule has 0 aliphatic carbocycles. The average molecular weight is 224 g/mol. The standard InChI is InChI=1S/C15H16N2/c1-2-9-15(17-11-5-6-12-17)13(7-1)14-8-3-4-10-16-14/h1-4,7-10H,5-6,11-12H2. The lowest BCUT2D eigenvalue weighted by molar-refractivity contribution is 0.949. The van der Waals surface area contributed by atoms with Crippen molar-refractivity contribution in [2.24, 2.45) is 0 Å². The summed E-state index contributed by atoms with van der Waals surface area (Å²) in [5, 5.41) is 0. The molecule has 2 heterocycles. The molecule has 0 unspecified atom stereocenters. The van der Waals surface area contributed by atoms with E-state index in [1.807, 2.05) is 18.3 Å². The van der Waals surface area contributed by atoms with E-state index < -0.39 is 0 Å². The Morgan fingerprint density at radius 2 is 1.65 bits per heavy atom. The highest BCUT2D eigenvalue weighted by Gasteiger charge is 2.16. The van der Waals surface area contributed by atoms with Crippen LogP contribution in [0.4, 0.5) is 5.69 Å². The Morgan fingerprint density at radius 1 is 0.882 bits per heavy atom. The van der Waals surface area contributed by atoms with E-state index in [4.69, 9.17) is 0 Å². The molecule has 0 atom stereocenters. The topological polar surface area (TPSA) is 16.1 Å². The Hall–Kier alpha value is -1.83. The number of nitrogens with zero attached hydrogens (tertiary/aromatic N) is 2. The molecule has 1 saturated heterocycles. The van der Waals surface area contributed by atoms with Gasteiger partial charge in [0.15, 0.2) is 0 Å². The van der Waals surface area contributed by atoms with Gasteiger partial charge in [0, 0.05) is 30.5 Å². The van der Waals surface area contributed by atoms with Crippen molar-refractivity contribution >= 4 is 5.69 Å². The monoisotopic (exact) mass is 224 g/mol. The SMILES string of the molecule is c1ccc(-c2ccccc2N2CCCC2)nc1. The lowest BCUT2D eigenvalue weighted by Crippen LogP contribution is -2.18. The lowest BCUT2D eigenvalue weighted by atomic mass is 10.1. The molecule has 2 nitrogen and oxygen atoms in total. The maximum Gasteiger partial charge on any atom is 0.0722 e. The van der Waals surface area contributed by atoms with Crippen LogP contribution in [0.5, 0.6) is 0 Å². The van der Waals surface area contributed by atoms with Crippen molar-refractivity contribution < 1.29 is 0 Å². The highest BCUT2D eigenvalue weighted by Crippen LogP contribution is 2.31. The van der Waals surface area contributed by atoms with Crippen LogP contribution in [0.15, 0.2) is 48.7 Å². The van der Waals surface area contributed by atoms with Crippen LogP contribution in [-0.2, 0) is 0 Å². The molecule has 2 aromatic rings. The van der Waals surface area contributed by atoms with Crippen molar-refractivity contribution in [1.82, 2.24) is 4.98 Å². The van der Waals surface area contributed by atoms with Crippen molar-refractivity contribution in [1.29, 1.82) is 0 Å². The summed E-state index contributed by atoms with van der Waals surface area (Å²) in [5.74, 6) is 0. The Balaban J connectivity index is 2.04. The summed E-state index contributed by atoms with van der Waals surface area (Å²) in [7, 11) is 0.